The number of rotatable bonds is 45. The van der Waals surface area contributed by atoms with Crippen molar-refractivity contribution in [1.29, 1.82) is 0 Å². The van der Waals surface area contributed by atoms with Gasteiger partial charge in [-0.3, -0.25) is 73.3 Å². The van der Waals surface area contributed by atoms with Crippen molar-refractivity contribution < 1.29 is 278 Å². The van der Waals surface area contributed by atoms with Crippen molar-refractivity contribution in [2.45, 2.75) is 144 Å². The molecule has 6 rings (SSSR count). The summed E-state index contributed by atoms with van der Waals surface area (Å²) in [5.41, 5.74) is -5.38. The Labute approximate surface area is 694 Å². The van der Waals surface area contributed by atoms with Crippen LogP contribution in [0, 0.1) is 0 Å². The van der Waals surface area contributed by atoms with Gasteiger partial charge in [-0.2, -0.15) is 118 Å². The van der Waals surface area contributed by atoms with E-state index in [1.807, 2.05) is 0 Å². The first-order chi connectivity index (χ1) is 54.9. The van der Waals surface area contributed by atoms with E-state index < -0.39 is 318 Å². The first kappa shape index (κ1) is 107. The van der Waals surface area contributed by atoms with E-state index in [0.717, 1.165) is 48.5 Å². The van der Waals surface area contributed by atoms with Crippen LogP contribution in [-0.2, 0) is 242 Å². The SMILES string of the molecule is O=C(CCC(=O)Nc1ccc(S[C@@H]2O[C@H](COS(=O)(=O)O)[C@@H](O[C@@H]3O[C@H](COS(=O)(=O)O)[C@@H](OS(=O)(=O)O)[C@H](OS(=O)(=O)O)[C@H]3OS(=O)(=O)O)[C@H](OS(=O)(=O)O)[C@H]2OS(=O)(=O)O)cc1)Nc1ccc(S[C@@H]2O[C@H](COS(=O)(=O)O)[C@@H](O[C@@H]3O[C@H](COS(=O)(=O)O)[C@@H](OS(=O)(=O)O)[C@H](OS(=O)(=O)O)[C@H]3OS(=O)(=O)O)[C@H](OS(=O)(=O)O)[C@H]2OS(=O)(=O)O)cc1. The summed E-state index contributed by atoms with van der Waals surface area (Å²) < 4.78 is 568. The highest BCUT2D eigenvalue weighted by Crippen LogP contribution is 2.44. The highest BCUT2D eigenvalue weighted by Gasteiger charge is 2.62. The molecule has 0 aromatic heterocycles. The fourth-order valence-corrected chi connectivity index (χ4v) is 18.9. The number of benzene rings is 2. The van der Waals surface area contributed by atoms with E-state index in [2.05, 4.69) is 69.2 Å². The van der Waals surface area contributed by atoms with Crippen LogP contribution >= 0.6 is 23.5 Å². The molecule has 706 valence electrons. The zero-order chi connectivity index (χ0) is 92.9. The molecule has 0 radical (unpaired) electrons. The third kappa shape index (κ3) is 38.8. The fourth-order valence-electron chi connectivity index (χ4n) is 10.4. The van der Waals surface area contributed by atoms with Crippen LogP contribution in [0.1, 0.15) is 12.8 Å². The summed E-state index contributed by atoms with van der Waals surface area (Å²) in [5, 5.41) is 4.57. The van der Waals surface area contributed by atoms with Crippen LogP contribution in [0.3, 0.4) is 0 Å². The molecule has 2 aromatic rings. The third-order valence-electron chi connectivity index (χ3n) is 14.2. The lowest BCUT2D eigenvalue weighted by atomic mass is 9.97. The van der Waals surface area contributed by atoms with Crippen LogP contribution in [0.4, 0.5) is 11.4 Å². The Morgan fingerprint density at radius 2 is 0.459 bits per heavy atom. The van der Waals surface area contributed by atoms with Crippen LogP contribution in [-0.4, -0.2) is 341 Å². The number of thioether (sulfide) groups is 2. The smallest absolute Gasteiger partial charge is 0.356 e. The van der Waals surface area contributed by atoms with E-state index in [9.17, 15) is 191 Å². The molecule has 0 bridgehead atoms. The molecule has 16 N–H and O–H groups in total. The van der Waals surface area contributed by atoms with Gasteiger partial charge in [0.25, 0.3) is 0 Å². The molecule has 20 atom stereocenters. The normalized spacial score (nSPS) is 28.7. The van der Waals surface area contributed by atoms with Gasteiger partial charge in [-0.25, -0.2) is 58.6 Å². The molecule has 0 aliphatic carbocycles. The van der Waals surface area contributed by atoms with Gasteiger partial charge in [0.2, 0.25) is 11.8 Å². The van der Waals surface area contributed by atoms with Crippen molar-refractivity contribution in [2.24, 2.45) is 0 Å². The molecule has 0 spiro atoms. The summed E-state index contributed by atoms with van der Waals surface area (Å²) in [6, 6.07) is 7.71. The average Bonchev–Trinajstić information content (AvgIpc) is 0.758. The lowest BCUT2D eigenvalue weighted by molar-refractivity contribution is -0.325. The van der Waals surface area contributed by atoms with Crippen LogP contribution < -0.4 is 10.6 Å². The summed E-state index contributed by atoms with van der Waals surface area (Å²) >= 11 is 0.157. The molecular weight excluding hydrogens is 2050 g/mol. The number of amides is 2. The van der Waals surface area contributed by atoms with Gasteiger partial charge in [0.1, 0.15) is 96.3 Å². The predicted octanol–water partition coefficient (Wildman–Crippen LogP) is -7.94. The molecule has 122 heavy (non-hydrogen) atoms. The van der Waals surface area contributed by atoms with E-state index in [0.29, 0.717) is 0 Å². The average molecular weight is 2100 g/mol. The van der Waals surface area contributed by atoms with Gasteiger partial charge < -0.3 is 39.1 Å². The molecule has 0 saturated carbocycles. The predicted molar refractivity (Wildman–Crippen MR) is 370 cm³/mol. The van der Waals surface area contributed by atoms with Gasteiger partial charge in [-0.1, -0.05) is 23.5 Å². The van der Waals surface area contributed by atoms with Crippen LogP contribution in [0.15, 0.2) is 58.3 Å². The first-order valence-electron chi connectivity index (χ1n) is 30.0. The molecule has 4 fully saturated rings. The number of nitrogens with one attached hydrogen (secondary N) is 2. The summed E-state index contributed by atoms with van der Waals surface area (Å²) in [6.45, 7) is -7.68. The number of hydrogen-bond donors (Lipinski definition) is 16. The van der Waals surface area contributed by atoms with Gasteiger partial charge in [-0.15, -0.1) is 0 Å². The minimum Gasteiger partial charge on any atom is -0.356 e. The van der Waals surface area contributed by atoms with Crippen LogP contribution in [0.5, 0.6) is 0 Å². The van der Waals surface area contributed by atoms with Crippen molar-refractivity contribution >= 4 is 192 Å². The van der Waals surface area contributed by atoms with Crippen molar-refractivity contribution in [3.8, 4) is 0 Å². The molecule has 0 unspecified atom stereocenters. The van der Waals surface area contributed by atoms with Crippen LogP contribution in [0.2, 0.25) is 0 Å². The molecule has 4 heterocycles. The summed E-state index contributed by atoms with van der Waals surface area (Å²) in [5.74, 6) is -2.05. The fraction of sp³-hybridized carbons (Fsp3) is 0.650. The Bertz CT molecular complexity index is 5410. The van der Waals surface area contributed by atoms with Gasteiger partial charge in [0.05, 0.1) is 26.4 Å². The highest BCUT2D eigenvalue weighted by molar-refractivity contribution is 8.00. The second kappa shape index (κ2) is 41.0. The van der Waals surface area contributed by atoms with Gasteiger partial charge in [0.15, 0.2) is 24.8 Å². The van der Waals surface area contributed by atoms with E-state index in [-0.39, 0.29) is 44.7 Å². The number of carbonyl (C=O) groups excluding carboxylic acids is 2. The van der Waals surface area contributed by atoms with E-state index in [4.69, 9.17) is 28.4 Å². The molecule has 4 aliphatic rings. The van der Waals surface area contributed by atoms with Crippen molar-refractivity contribution in [2.75, 3.05) is 37.1 Å². The maximum atomic E-state index is 13.2. The Morgan fingerprint density at radius 1 is 0.262 bits per heavy atom. The second-order valence-electron chi connectivity index (χ2n) is 23.0. The Morgan fingerprint density at radius 3 is 0.680 bits per heavy atom. The molecule has 2 aromatic carbocycles. The topological polar surface area (TPSA) is 1000 Å². The van der Waals surface area contributed by atoms with Gasteiger partial charge in [0, 0.05) is 34.0 Å². The van der Waals surface area contributed by atoms with E-state index in [1.54, 1.807) is 0 Å². The Balaban J connectivity index is 1.26. The standard InChI is InChI=1S/C40H56N2O64S16/c43-23(41-15-1-5-17(6-2-15)107-39-35(105-121(81,82)83)29(99-115(63,64)65)25(19(93-39)11-87-109(45,46)47)95-37-33(103-119(75,76)77)31(101-117(69,70)71)27(97-113(57,58)59)21(91-37)13-89-111(51,52)53)9-10-24(44)42-16-3-7-18(8-4-16)108-40-36(106-122(84,85)86)30(100-116(66,67)68)26(20(94-40)12-88-110(48,49)50)96-38-34(104-120(78,79)80)32(102-118(72,73)74)28(98-114(60,61)62)22(92-38)14-90-112(54,55)56/h1-8,19-22,25-40H,9-14H2,(H,41,43)(H,42,44)(H,45,46,47)(H,48,49,50)(H,51,52,53)(H,54,55,56)(H,57,58,59)(H,60,61,62)(H,63,64,65)(H,66,67,68)(H,69,70,71)(H,72,73,74)(H,75,76,77)(H,78,79,80)(H,81,82,83)(H,84,85,86)/t19-,20-,21-,22-,25-,26-,27-,28-,29+,30+,31+,32+,33-,34-,35-,36-,37+,38+,39+,40+/m1/s1. The van der Waals surface area contributed by atoms with Crippen LogP contribution in [0.25, 0.3) is 0 Å². The van der Waals surface area contributed by atoms with Gasteiger partial charge >= 0.3 is 146 Å². The maximum absolute atomic E-state index is 13.2. The summed E-state index contributed by atoms with van der Waals surface area (Å²) in [7, 11) is -85.6. The summed E-state index contributed by atoms with van der Waals surface area (Å²) in [6.07, 6.45) is -58.4. The van der Waals surface area contributed by atoms with E-state index >= 15 is 0 Å². The van der Waals surface area contributed by atoms with E-state index in [1.165, 1.54) is 0 Å². The molecular formula is C40H56N2O64S16. The largest absolute Gasteiger partial charge is 0.397 e. The minimum absolute atomic E-state index is 0.0786. The zero-order valence-electron chi connectivity index (χ0n) is 57.6. The molecule has 2 amide bonds. The third-order valence-corrected chi connectivity index (χ3v) is 22.9. The number of hydrogen-bond acceptors (Lipinski definition) is 52. The molecule has 66 nitrogen and oxygen atoms in total. The molecule has 4 saturated heterocycles. The van der Waals surface area contributed by atoms with Crippen molar-refractivity contribution in [3.63, 3.8) is 0 Å². The zero-order valence-corrected chi connectivity index (χ0v) is 70.7. The quantitative estimate of drug-likeness (QED) is 0.0274. The minimum atomic E-state index is -6.30. The number of anilines is 2. The van der Waals surface area contributed by atoms with Crippen molar-refractivity contribution in [1.82, 2.24) is 0 Å². The second-order valence-corrected chi connectivity index (χ2v) is 40.2. The van der Waals surface area contributed by atoms with Gasteiger partial charge in [-0.05, 0) is 48.5 Å². The number of ether oxygens (including phenoxy) is 6. The molecule has 82 heteroatoms. The summed E-state index contributed by atoms with van der Waals surface area (Å²) in [4.78, 5) is 25.8. The number of carbonyl (C=O) groups is 2. The first-order valence-corrected chi connectivity index (χ1v) is 50.9. The Hall–Kier alpha value is -3.98. The highest BCUT2D eigenvalue weighted by atomic mass is 32.3. The lowest BCUT2D eigenvalue weighted by Gasteiger charge is -2.48. The monoisotopic (exact) mass is 2100 g/mol. The molecule has 4 aliphatic heterocycles. The maximum Gasteiger partial charge on any atom is 0.397 e. The Kier molecular flexibility index (Phi) is 35.9. The van der Waals surface area contributed by atoms with Crippen molar-refractivity contribution in [3.05, 3.63) is 48.5 Å². The lowest BCUT2D eigenvalue weighted by Crippen LogP contribution is -2.66.